The second kappa shape index (κ2) is 5.69. The van der Waals surface area contributed by atoms with Gasteiger partial charge in [-0.3, -0.25) is 0 Å². The average molecular weight is 200 g/mol. The van der Waals surface area contributed by atoms with E-state index in [1.165, 1.54) is 12.8 Å². The van der Waals surface area contributed by atoms with Crippen molar-refractivity contribution >= 4 is 0 Å². The normalized spacial score (nSPS) is 20.6. The van der Waals surface area contributed by atoms with E-state index in [2.05, 4.69) is 24.3 Å². The summed E-state index contributed by atoms with van der Waals surface area (Å²) in [7, 11) is 4.18. The van der Waals surface area contributed by atoms with Gasteiger partial charge in [-0.05, 0) is 46.4 Å². The van der Waals surface area contributed by atoms with Crippen LogP contribution >= 0.6 is 0 Å². The first kappa shape index (κ1) is 12.0. The molecule has 1 fully saturated rings. The lowest BCUT2D eigenvalue weighted by Gasteiger charge is -2.22. The third kappa shape index (κ3) is 4.40. The van der Waals surface area contributed by atoms with Crippen molar-refractivity contribution in [1.82, 2.24) is 10.2 Å². The van der Waals surface area contributed by atoms with E-state index in [9.17, 15) is 5.11 Å². The van der Waals surface area contributed by atoms with Crippen molar-refractivity contribution in [3.63, 3.8) is 0 Å². The standard InChI is InChI=1S/C11H24N2O/c1-13(2)9-5-8-12-10-11(14)6-3-4-7-11/h12,14H,3-10H2,1-2H3. The molecule has 0 unspecified atom stereocenters. The highest BCUT2D eigenvalue weighted by atomic mass is 16.3. The van der Waals surface area contributed by atoms with Gasteiger partial charge >= 0.3 is 0 Å². The fraction of sp³-hybridized carbons (Fsp3) is 1.00. The van der Waals surface area contributed by atoms with Gasteiger partial charge in [-0.25, -0.2) is 0 Å². The molecule has 1 aliphatic rings. The molecule has 0 aromatic rings. The molecular weight excluding hydrogens is 176 g/mol. The summed E-state index contributed by atoms with van der Waals surface area (Å²) in [5.74, 6) is 0. The van der Waals surface area contributed by atoms with Gasteiger partial charge in [0.25, 0.3) is 0 Å². The van der Waals surface area contributed by atoms with Crippen LogP contribution in [0.25, 0.3) is 0 Å². The highest BCUT2D eigenvalue weighted by Crippen LogP contribution is 2.28. The second-order valence-electron chi connectivity index (χ2n) is 4.77. The molecule has 0 bridgehead atoms. The Hall–Kier alpha value is -0.120. The predicted octanol–water partition coefficient (Wildman–Crippen LogP) is 0.833. The van der Waals surface area contributed by atoms with Gasteiger partial charge in [0.2, 0.25) is 0 Å². The molecule has 1 saturated carbocycles. The highest BCUT2D eigenvalue weighted by molar-refractivity contribution is 4.86. The lowest BCUT2D eigenvalue weighted by molar-refractivity contribution is 0.0478. The molecule has 0 aromatic heterocycles. The molecular formula is C11H24N2O. The molecule has 1 aliphatic carbocycles. The van der Waals surface area contributed by atoms with Crippen LogP contribution in [0.5, 0.6) is 0 Å². The highest BCUT2D eigenvalue weighted by Gasteiger charge is 2.30. The molecule has 0 heterocycles. The van der Waals surface area contributed by atoms with E-state index in [1.54, 1.807) is 0 Å². The zero-order valence-corrected chi connectivity index (χ0v) is 9.55. The molecule has 0 radical (unpaired) electrons. The Kier molecular flexibility index (Phi) is 4.85. The number of aliphatic hydroxyl groups is 1. The van der Waals surface area contributed by atoms with Crippen LogP contribution in [0.1, 0.15) is 32.1 Å². The van der Waals surface area contributed by atoms with Gasteiger partial charge < -0.3 is 15.3 Å². The minimum atomic E-state index is -0.391. The lowest BCUT2D eigenvalue weighted by Crippen LogP contribution is -2.38. The smallest absolute Gasteiger partial charge is 0.0771 e. The van der Waals surface area contributed by atoms with E-state index in [0.717, 1.165) is 38.9 Å². The Morgan fingerprint density at radius 2 is 1.93 bits per heavy atom. The van der Waals surface area contributed by atoms with E-state index >= 15 is 0 Å². The van der Waals surface area contributed by atoms with Crippen molar-refractivity contribution < 1.29 is 5.11 Å². The van der Waals surface area contributed by atoms with Crippen LogP contribution in [0.2, 0.25) is 0 Å². The fourth-order valence-corrected chi connectivity index (χ4v) is 2.05. The SMILES string of the molecule is CN(C)CCCNCC1(O)CCCC1. The van der Waals surface area contributed by atoms with Crippen molar-refractivity contribution in [1.29, 1.82) is 0 Å². The summed E-state index contributed by atoms with van der Waals surface area (Å²) in [6.07, 6.45) is 5.50. The molecule has 0 aliphatic heterocycles. The van der Waals surface area contributed by atoms with E-state index in [1.807, 2.05) is 0 Å². The van der Waals surface area contributed by atoms with Gasteiger partial charge in [0.15, 0.2) is 0 Å². The van der Waals surface area contributed by atoms with E-state index < -0.39 is 5.60 Å². The molecule has 2 N–H and O–H groups in total. The molecule has 0 amide bonds. The van der Waals surface area contributed by atoms with Crippen molar-refractivity contribution in [2.24, 2.45) is 0 Å². The number of rotatable bonds is 6. The van der Waals surface area contributed by atoms with Crippen LogP contribution in [0, 0.1) is 0 Å². The number of hydrogen-bond donors (Lipinski definition) is 2. The quantitative estimate of drug-likeness (QED) is 0.624. The van der Waals surface area contributed by atoms with Crippen LogP contribution in [0.4, 0.5) is 0 Å². The first-order chi connectivity index (χ1) is 6.62. The molecule has 0 atom stereocenters. The molecule has 0 spiro atoms. The number of nitrogens with one attached hydrogen (secondary N) is 1. The van der Waals surface area contributed by atoms with Gasteiger partial charge in [-0.15, -0.1) is 0 Å². The van der Waals surface area contributed by atoms with E-state index in [0.29, 0.717) is 0 Å². The largest absolute Gasteiger partial charge is 0.389 e. The van der Waals surface area contributed by atoms with E-state index in [4.69, 9.17) is 0 Å². The van der Waals surface area contributed by atoms with Crippen molar-refractivity contribution in [3.8, 4) is 0 Å². The Morgan fingerprint density at radius 3 is 2.50 bits per heavy atom. The zero-order valence-electron chi connectivity index (χ0n) is 9.55. The minimum Gasteiger partial charge on any atom is -0.389 e. The monoisotopic (exact) mass is 200 g/mol. The van der Waals surface area contributed by atoms with E-state index in [-0.39, 0.29) is 0 Å². The zero-order chi connectivity index (χ0) is 10.4. The molecule has 3 heteroatoms. The number of nitrogens with zero attached hydrogens (tertiary/aromatic N) is 1. The first-order valence-electron chi connectivity index (χ1n) is 5.70. The summed E-state index contributed by atoms with van der Waals surface area (Å²) in [5.41, 5.74) is -0.391. The second-order valence-corrected chi connectivity index (χ2v) is 4.77. The summed E-state index contributed by atoms with van der Waals surface area (Å²) in [5, 5.41) is 13.4. The van der Waals surface area contributed by atoms with Gasteiger partial charge in [0.05, 0.1) is 5.60 Å². The average Bonchev–Trinajstić information content (AvgIpc) is 2.51. The first-order valence-corrected chi connectivity index (χ1v) is 5.70. The predicted molar refractivity (Wildman–Crippen MR) is 59.5 cm³/mol. The Labute approximate surface area is 87.5 Å². The Bertz CT molecular complexity index is 153. The van der Waals surface area contributed by atoms with Crippen molar-refractivity contribution in [3.05, 3.63) is 0 Å². The Balaban J connectivity index is 1.98. The fourth-order valence-electron chi connectivity index (χ4n) is 2.05. The maximum atomic E-state index is 10.0. The summed E-state index contributed by atoms with van der Waals surface area (Å²) in [6, 6.07) is 0. The van der Waals surface area contributed by atoms with Crippen LogP contribution in [0.3, 0.4) is 0 Å². The van der Waals surface area contributed by atoms with Gasteiger partial charge in [-0.1, -0.05) is 12.8 Å². The minimum absolute atomic E-state index is 0.391. The molecule has 0 aromatic carbocycles. The van der Waals surface area contributed by atoms with Gasteiger partial charge in [0.1, 0.15) is 0 Å². The Morgan fingerprint density at radius 1 is 1.29 bits per heavy atom. The van der Waals surface area contributed by atoms with Crippen LogP contribution in [0.15, 0.2) is 0 Å². The maximum absolute atomic E-state index is 10.0. The molecule has 14 heavy (non-hydrogen) atoms. The summed E-state index contributed by atoms with van der Waals surface area (Å²) in [6.45, 7) is 2.91. The van der Waals surface area contributed by atoms with Crippen LogP contribution in [-0.4, -0.2) is 49.3 Å². The molecule has 3 nitrogen and oxygen atoms in total. The van der Waals surface area contributed by atoms with Crippen LogP contribution in [-0.2, 0) is 0 Å². The molecule has 84 valence electrons. The summed E-state index contributed by atoms with van der Waals surface area (Å²) < 4.78 is 0. The van der Waals surface area contributed by atoms with Crippen molar-refractivity contribution in [2.75, 3.05) is 33.7 Å². The van der Waals surface area contributed by atoms with Gasteiger partial charge in [-0.2, -0.15) is 0 Å². The molecule has 1 rings (SSSR count). The van der Waals surface area contributed by atoms with Gasteiger partial charge in [0, 0.05) is 6.54 Å². The van der Waals surface area contributed by atoms with Crippen LogP contribution < -0.4 is 5.32 Å². The van der Waals surface area contributed by atoms with Crippen molar-refractivity contribution in [2.45, 2.75) is 37.7 Å². The third-order valence-electron chi connectivity index (χ3n) is 2.95. The number of hydrogen-bond acceptors (Lipinski definition) is 3. The topological polar surface area (TPSA) is 35.5 Å². The maximum Gasteiger partial charge on any atom is 0.0771 e. The third-order valence-corrected chi connectivity index (χ3v) is 2.95. The molecule has 0 saturated heterocycles. The summed E-state index contributed by atoms with van der Waals surface area (Å²) in [4.78, 5) is 2.19. The summed E-state index contributed by atoms with van der Waals surface area (Å²) >= 11 is 0. The lowest BCUT2D eigenvalue weighted by atomic mass is 10.0.